The van der Waals surface area contributed by atoms with Crippen LogP contribution in [-0.2, 0) is 6.42 Å². The fourth-order valence-corrected chi connectivity index (χ4v) is 1.43. The maximum Gasteiger partial charge on any atom is 0.170 e. The number of nitrogens with zero attached hydrogens (tertiary/aromatic N) is 1. The van der Waals surface area contributed by atoms with Gasteiger partial charge in [-0.1, -0.05) is 30.3 Å². The molecule has 16 heavy (non-hydrogen) atoms. The van der Waals surface area contributed by atoms with Gasteiger partial charge in [-0.15, -0.1) is 12.4 Å². The molecule has 0 amide bonds. The molecule has 0 aliphatic carbocycles. The minimum Gasteiger partial charge on any atom is -0.346 e. The Labute approximate surface area is 100 Å². The Balaban J connectivity index is 0.00000128. The van der Waals surface area contributed by atoms with Gasteiger partial charge in [0.15, 0.2) is 5.78 Å². The Morgan fingerprint density at radius 1 is 1.31 bits per heavy atom. The monoisotopic (exact) mass is 236 g/mol. The highest BCUT2D eigenvalue weighted by Crippen LogP contribution is 2.04. The maximum atomic E-state index is 11.8. The van der Waals surface area contributed by atoms with E-state index < -0.39 is 0 Å². The zero-order valence-electron chi connectivity index (χ0n) is 8.93. The lowest BCUT2D eigenvalue weighted by Crippen LogP contribution is -2.04. The SMILES string of the molecule is Cc1cnc(CC(=O)c2ccccc2)[nH]1.Cl. The Morgan fingerprint density at radius 2 is 2.00 bits per heavy atom. The van der Waals surface area contributed by atoms with Crippen LogP contribution in [0.3, 0.4) is 0 Å². The van der Waals surface area contributed by atoms with E-state index in [1.165, 1.54) is 0 Å². The van der Waals surface area contributed by atoms with Crippen LogP contribution in [0.25, 0.3) is 0 Å². The van der Waals surface area contributed by atoms with Crippen LogP contribution in [0.1, 0.15) is 21.9 Å². The first-order chi connectivity index (χ1) is 7.25. The summed E-state index contributed by atoms with van der Waals surface area (Å²) < 4.78 is 0. The van der Waals surface area contributed by atoms with Gasteiger partial charge in [-0.05, 0) is 6.92 Å². The number of rotatable bonds is 3. The van der Waals surface area contributed by atoms with E-state index in [9.17, 15) is 4.79 Å². The van der Waals surface area contributed by atoms with Gasteiger partial charge in [0.05, 0.1) is 6.42 Å². The molecule has 0 atom stereocenters. The van der Waals surface area contributed by atoms with E-state index in [0.29, 0.717) is 6.42 Å². The molecule has 0 saturated carbocycles. The zero-order chi connectivity index (χ0) is 10.7. The number of imidazole rings is 1. The number of aromatic nitrogens is 2. The first kappa shape index (κ1) is 12.5. The molecule has 2 rings (SSSR count). The van der Waals surface area contributed by atoms with Gasteiger partial charge in [-0.3, -0.25) is 4.79 Å². The third-order valence-electron chi connectivity index (χ3n) is 2.18. The van der Waals surface area contributed by atoms with Crippen LogP contribution in [0.4, 0.5) is 0 Å². The van der Waals surface area contributed by atoms with Crippen molar-refractivity contribution in [3.63, 3.8) is 0 Å². The molecule has 3 nitrogen and oxygen atoms in total. The number of carbonyl (C=O) groups is 1. The fourth-order valence-electron chi connectivity index (χ4n) is 1.43. The molecular weight excluding hydrogens is 224 g/mol. The minimum atomic E-state index is 0. The van der Waals surface area contributed by atoms with Gasteiger partial charge < -0.3 is 4.98 Å². The van der Waals surface area contributed by atoms with Crippen molar-refractivity contribution in [3.05, 3.63) is 53.6 Å². The molecule has 84 valence electrons. The summed E-state index contributed by atoms with van der Waals surface area (Å²) >= 11 is 0. The molecule has 0 aliphatic rings. The number of halogens is 1. The minimum absolute atomic E-state index is 0. The topological polar surface area (TPSA) is 45.8 Å². The standard InChI is InChI=1S/C12H12N2O.ClH/c1-9-8-13-12(14-9)7-11(15)10-5-3-2-4-6-10;/h2-6,8H,7H2,1H3,(H,13,14);1H. The molecule has 0 unspecified atom stereocenters. The van der Waals surface area contributed by atoms with Gasteiger partial charge in [-0.2, -0.15) is 0 Å². The molecule has 0 spiro atoms. The first-order valence-corrected chi connectivity index (χ1v) is 4.84. The molecule has 1 N–H and O–H groups in total. The van der Waals surface area contributed by atoms with Crippen molar-refractivity contribution in [2.45, 2.75) is 13.3 Å². The molecular formula is C12H13ClN2O. The van der Waals surface area contributed by atoms with Crippen LogP contribution in [-0.4, -0.2) is 15.8 Å². The van der Waals surface area contributed by atoms with E-state index in [0.717, 1.165) is 17.1 Å². The van der Waals surface area contributed by atoms with Crippen LogP contribution in [0.5, 0.6) is 0 Å². The summed E-state index contributed by atoms with van der Waals surface area (Å²) in [5, 5.41) is 0. The predicted molar refractivity (Wildman–Crippen MR) is 65.0 cm³/mol. The third kappa shape index (κ3) is 2.94. The Morgan fingerprint density at radius 3 is 2.56 bits per heavy atom. The second-order valence-electron chi connectivity index (χ2n) is 3.48. The highest BCUT2D eigenvalue weighted by Gasteiger charge is 2.07. The number of hydrogen-bond donors (Lipinski definition) is 1. The van der Waals surface area contributed by atoms with Gasteiger partial charge in [0.1, 0.15) is 5.82 Å². The van der Waals surface area contributed by atoms with Crippen molar-refractivity contribution in [3.8, 4) is 0 Å². The van der Waals surface area contributed by atoms with Crippen LogP contribution in [0.2, 0.25) is 0 Å². The number of H-pyrrole nitrogens is 1. The van der Waals surface area contributed by atoms with Crippen LogP contribution < -0.4 is 0 Å². The molecule has 0 fully saturated rings. The number of Topliss-reactive ketones (excluding diaryl/α,β-unsaturated/α-hetero) is 1. The smallest absolute Gasteiger partial charge is 0.170 e. The largest absolute Gasteiger partial charge is 0.346 e. The van der Waals surface area contributed by atoms with Crippen molar-refractivity contribution in [2.24, 2.45) is 0 Å². The van der Waals surface area contributed by atoms with E-state index >= 15 is 0 Å². The number of aryl methyl sites for hydroxylation is 1. The summed E-state index contributed by atoms with van der Waals surface area (Å²) in [6.45, 7) is 1.92. The molecule has 1 heterocycles. The number of aromatic amines is 1. The number of carbonyl (C=O) groups excluding carboxylic acids is 1. The molecule has 1 aromatic heterocycles. The van der Waals surface area contributed by atoms with E-state index in [4.69, 9.17) is 0 Å². The maximum absolute atomic E-state index is 11.8. The second-order valence-corrected chi connectivity index (χ2v) is 3.48. The number of hydrogen-bond acceptors (Lipinski definition) is 2. The van der Waals surface area contributed by atoms with Crippen molar-refractivity contribution in [1.29, 1.82) is 0 Å². The lowest BCUT2D eigenvalue weighted by molar-refractivity contribution is 0.0991. The first-order valence-electron chi connectivity index (χ1n) is 4.84. The fraction of sp³-hybridized carbons (Fsp3) is 0.167. The van der Waals surface area contributed by atoms with Crippen molar-refractivity contribution in [1.82, 2.24) is 9.97 Å². The Bertz CT molecular complexity index is 465. The third-order valence-corrected chi connectivity index (χ3v) is 2.18. The summed E-state index contributed by atoms with van der Waals surface area (Å²) in [5.41, 5.74) is 1.71. The molecule has 4 heteroatoms. The van der Waals surface area contributed by atoms with Gasteiger partial charge in [-0.25, -0.2) is 4.98 Å². The van der Waals surface area contributed by atoms with Crippen LogP contribution in [0.15, 0.2) is 36.5 Å². The van der Waals surface area contributed by atoms with Crippen LogP contribution >= 0.6 is 12.4 Å². The summed E-state index contributed by atoms with van der Waals surface area (Å²) in [5.74, 6) is 0.811. The lowest BCUT2D eigenvalue weighted by atomic mass is 10.1. The molecule has 0 aliphatic heterocycles. The number of benzene rings is 1. The lowest BCUT2D eigenvalue weighted by Gasteiger charge is -1.97. The molecule has 1 aromatic carbocycles. The number of ketones is 1. The van der Waals surface area contributed by atoms with Gasteiger partial charge in [0.25, 0.3) is 0 Å². The number of nitrogens with one attached hydrogen (secondary N) is 1. The van der Waals surface area contributed by atoms with E-state index in [1.54, 1.807) is 6.20 Å². The highest BCUT2D eigenvalue weighted by atomic mass is 35.5. The summed E-state index contributed by atoms with van der Waals surface area (Å²) in [7, 11) is 0. The van der Waals surface area contributed by atoms with E-state index in [-0.39, 0.29) is 18.2 Å². The zero-order valence-corrected chi connectivity index (χ0v) is 9.75. The quantitative estimate of drug-likeness (QED) is 0.833. The average Bonchev–Trinajstić information content (AvgIpc) is 2.65. The average molecular weight is 237 g/mol. The molecule has 2 aromatic rings. The molecule has 0 radical (unpaired) electrons. The van der Waals surface area contributed by atoms with Gasteiger partial charge in [0, 0.05) is 17.5 Å². The van der Waals surface area contributed by atoms with Gasteiger partial charge >= 0.3 is 0 Å². The predicted octanol–water partition coefficient (Wildman–Crippen LogP) is 2.57. The van der Waals surface area contributed by atoms with Crippen molar-refractivity contribution < 1.29 is 4.79 Å². The summed E-state index contributed by atoms with van der Waals surface area (Å²) in [6, 6.07) is 9.26. The van der Waals surface area contributed by atoms with Crippen molar-refractivity contribution in [2.75, 3.05) is 0 Å². The Kier molecular flexibility index (Phi) is 4.26. The van der Waals surface area contributed by atoms with Crippen molar-refractivity contribution >= 4 is 18.2 Å². The summed E-state index contributed by atoms with van der Waals surface area (Å²) in [6.07, 6.45) is 2.06. The Hall–Kier alpha value is -1.61. The molecule has 0 saturated heterocycles. The van der Waals surface area contributed by atoms with Crippen LogP contribution in [0, 0.1) is 6.92 Å². The summed E-state index contributed by atoms with van der Waals surface area (Å²) in [4.78, 5) is 18.9. The molecule has 0 bridgehead atoms. The normalized spacial score (nSPS) is 9.56. The van der Waals surface area contributed by atoms with E-state index in [2.05, 4.69) is 9.97 Å². The van der Waals surface area contributed by atoms with Gasteiger partial charge in [0.2, 0.25) is 0 Å². The van der Waals surface area contributed by atoms with E-state index in [1.807, 2.05) is 37.3 Å². The second kappa shape index (κ2) is 5.47. The highest BCUT2D eigenvalue weighted by molar-refractivity contribution is 5.97.